The number of para-hydroxylation sites is 1. The summed E-state index contributed by atoms with van der Waals surface area (Å²) in [6, 6.07) is 14.4. The van der Waals surface area contributed by atoms with Crippen molar-refractivity contribution in [2.24, 2.45) is 5.73 Å². The van der Waals surface area contributed by atoms with Crippen LogP contribution in [0.25, 0.3) is 0 Å². The Labute approximate surface area is 133 Å². The highest BCUT2D eigenvalue weighted by Crippen LogP contribution is 2.29. The summed E-state index contributed by atoms with van der Waals surface area (Å²) >= 11 is 0. The third-order valence-corrected chi connectivity index (χ3v) is 3.94. The predicted molar refractivity (Wildman–Crippen MR) is 90.8 cm³/mol. The number of hydrogen-bond donors (Lipinski definition) is 1. The van der Waals surface area contributed by atoms with Crippen LogP contribution in [-0.2, 0) is 6.42 Å². The van der Waals surface area contributed by atoms with Crippen LogP contribution in [0, 0.1) is 6.92 Å². The average Bonchev–Trinajstić information content (AvgIpc) is 2.54. The molecule has 2 aromatic rings. The normalized spacial score (nSPS) is 12.0. The standard InChI is InChI=1S/C19H25NO2/c1-4-22-19-8-6-5-7-15(19)12-16(13-20)18-10-9-17(21-3)11-14(18)2/h5-11,16H,4,12-13,20H2,1-3H3. The van der Waals surface area contributed by atoms with Crippen LogP contribution in [0.5, 0.6) is 11.5 Å². The highest BCUT2D eigenvalue weighted by Gasteiger charge is 2.16. The molecule has 0 saturated carbocycles. The Kier molecular flexibility index (Phi) is 5.84. The second kappa shape index (κ2) is 7.85. The highest BCUT2D eigenvalue weighted by atomic mass is 16.5. The molecule has 1 atom stereocenters. The zero-order valence-corrected chi connectivity index (χ0v) is 13.6. The van der Waals surface area contributed by atoms with Gasteiger partial charge in [-0.2, -0.15) is 0 Å². The van der Waals surface area contributed by atoms with Gasteiger partial charge in [-0.1, -0.05) is 24.3 Å². The Bertz CT molecular complexity index is 610. The minimum absolute atomic E-state index is 0.271. The molecule has 0 aliphatic carbocycles. The van der Waals surface area contributed by atoms with Gasteiger partial charge in [0.25, 0.3) is 0 Å². The molecule has 0 aliphatic heterocycles. The van der Waals surface area contributed by atoms with Crippen molar-refractivity contribution < 1.29 is 9.47 Å². The number of aryl methyl sites for hydroxylation is 1. The van der Waals surface area contributed by atoms with Crippen molar-refractivity contribution in [2.45, 2.75) is 26.2 Å². The maximum absolute atomic E-state index is 6.04. The first-order valence-electron chi connectivity index (χ1n) is 7.74. The quantitative estimate of drug-likeness (QED) is 0.848. The van der Waals surface area contributed by atoms with Crippen LogP contribution in [0.4, 0.5) is 0 Å². The smallest absolute Gasteiger partial charge is 0.122 e. The molecule has 0 heterocycles. The molecule has 0 amide bonds. The Morgan fingerprint density at radius 2 is 1.91 bits per heavy atom. The second-order valence-electron chi connectivity index (χ2n) is 5.40. The SMILES string of the molecule is CCOc1ccccc1CC(CN)c1ccc(OC)cc1C. The van der Waals surface area contributed by atoms with Crippen LogP contribution in [0.3, 0.4) is 0 Å². The van der Waals surface area contributed by atoms with Crippen LogP contribution in [0.1, 0.15) is 29.5 Å². The summed E-state index contributed by atoms with van der Waals surface area (Å²) in [5, 5.41) is 0. The molecule has 0 radical (unpaired) electrons. The Balaban J connectivity index is 2.26. The lowest BCUT2D eigenvalue weighted by Crippen LogP contribution is -2.16. The summed E-state index contributed by atoms with van der Waals surface area (Å²) in [4.78, 5) is 0. The highest BCUT2D eigenvalue weighted by molar-refractivity contribution is 5.40. The molecule has 3 heteroatoms. The van der Waals surface area contributed by atoms with E-state index in [1.54, 1.807) is 7.11 Å². The van der Waals surface area contributed by atoms with E-state index in [0.717, 1.165) is 17.9 Å². The van der Waals surface area contributed by atoms with E-state index in [0.29, 0.717) is 13.2 Å². The van der Waals surface area contributed by atoms with Gasteiger partial charge in [-0.05, 0) is 61.7 Å². The van der Waals surface area contributed by atoms with Gasteiger partial charge in [0.2, 0.25) is 0 Å². The van der Waals surface area contributed by atoms with Gasteiger partial charge in [0.1, 0.15) is 11.5 Å². The fraction of sp³-hybridized carbons (Fsp3) is 0.368. The van der Waals surface area contributed by atoms with E-state index in [4.69, 9.17) is 15.2 Å². The number of nitrogens with two attached hydrogens (primary N) is 1. The van der Waals surface area contributed by atoms with Crippen molar-refractivity contribution in [1.29, 1.82) is 0 Å². The van der Waals surface area contributed by atoms with Gasteiger partial charge in [0.15, 0.2) is 0 Å². The zero-order chi connectivity index (χ0) is 15.9. The third kappa shape index (κ3) is 3.80. The van der Waals surface area contributed by atoms with Gasteiger partial charge in [0.05, 0.1) is 13.7 Å². The Morgan fingerprint density at radius 1 is 1.14 bits per heavy atom. The summed E-state index contributed by atoms with van der Waals surface area (Å²) in [5.41, 5.74) is 9.73. The summed E-state index contributed by atoms with van der Waals surface area (Å²) in [6.07, 6.45) is 0.875. The molecule has 0 aliphatic rings. The summed E-state index contributed by atoms with van der Waals surface area (Å²) in [5.74, 6) is 2.11. The fourth-order valence-corrected chi connectivity index (χ4v) is 2.79. The molecule has 2 rings (SSSR count). The second-order valence-corrected chi connectivity index (χ2v) is 5.40. The maximum Gasteiger partial charge on any atom is 0.122 e. The molecular weight excluding hydrogens is 274 g/mol. The van der Waals surface area contributed by atoms with Crippen LogP contribution in [0.2, 0.25) is 0 Å². The fourth-order valence-electron chi connectivity index (χ4n) is 2.79. The van der Waals surface area contributed by atoms with Gasteiger partial charge < -0.3 is 15.2 Å². The number of rotatable bonds is 7. The molecule has 118 valence electrons. The van der Waals surface area contributed by atoms with Crippen molar-refractivity contribution in [3.8, 4) is 11.5 Å². The lowest BCUT2D eigenvalue weighted by Gasteiger charge is -2.20. The van der Waals surface area contributed by atoms with E-state index >= 15 is 0 Å². The van der Waals surface area contributed by atoms with Crippen molar-refractivity contribution in [1.82, 2.24) is 0 Å². The summed E-state index contributed by atoms with van der Waals surface area (Å²) < 4.78 is 11.0. The molecule has 3 nitrogen and oxygen atoms in total. The molecule has 0 bridgehead atoms. The molecule has 22 heavy (non-hydrogen) atoms. The molecule has 0 spiro atoms. The van der Waals surface area contributed by atoms with E-state index in [1.165, 1.54) is 16.7 Å². The van der Waals surface area contributed by atoms with Crippen LogP contribution >= 0.6 is 0 Å². The molecule has 0 aromatic heterocycles. The largest absolute Gasteiger partial charge is 0.497 e. The molecule has 2 aromatic carbocycles. The van der Waals surface area contributed by atoms with E-state index < -0.39 is 0 Å². The third-order valence-electron chi connectivity index (χ3n) is 3.94. The number of ether oxygens (including phenoxy) is 2. The number of hydrogen-bond acceptors (Lipinski definition) is 3. The topological polar surface area (TPSA) is 44.5 Å². The Hall–Kier alpha value is -2.00. The number of methoxy groups -OCH3 is 1. The minimum atomic E-state index is 0.271. The van der Waals surface area contributed by atoms with Crippen LogP contribution in [0.15, 0.2) is 42.5 Å². The van der Waals surface area contributed by atoms with E-state index in [2.05, 4.69) is 25.1 Å². The first kappa shape index (κ1) is 16.4. The monoisotopic (exact) mass is 299 g/mol. The molecule has 0 fully saturated rings. The lowest BCUT2D eigenvalue weighted by molar-refractivity contribution is 0.335. The molecule has 1 unspecified atom stereocenters. The summed E-state index contributed by atoms with van der Waals surface area (Å²) in [7, 11) is 1.69. The van der Waals surface area contributed by atoms with Crippen LogP contribution in [-0.4, -0.2) is 20.3 Å². The van der Waals surface area contributed by atoms with E-state index in [1.807, 2.05) is 31.2 Å². The molecule has 0 saturated heterocycles. The maximum atomic E-state index is 6.04. The van der Waals surface area contributed by atoms with Crippen molar-refractivity contribution in [2.75, 3.05) is 20.3 Å². The molecular formula is C19H25NO2. The van der Waals surface area contributed by atoms with Gasteiger partial charge in [0, 0.05) is 5.92 Å². The number of benzene rings is 2. The first-order valence-corrected chi connectivity index (χ1v) is 7.74. The van der Waals surface area contributed by atoms with Crippen molar-refractivity contribution >= 4 is 0 Å². The summed E-state index contributed by atoms with van der Waals surface area (Å²) in [6.45, 7) is 5.39. The van der Waals surface area contributed by atoms with Crippen molar-refractivity contribution in [3.05, 3.63) is 59.2 Å². The van der Waals surface area contributed by atoms with Gasteiger partial charge in [-0.3, -0.25) is 0 Å². The van der Waals surface area contributed by atoms with Gasteiger partial charge >= 0.3 is 0 Å². The van der Waals surface area contributed by atoms with Crippen LogP contribution < -0.4 is 15.2 Å². The molecule has 2 N–H and O–H groups in total. The van der Waals surface area contributed by atoms with Gasteiger partial charge in [-0.15, -0.1) is 0 Å². The predicted octanol–water partition coefficient (Wildman–Crippen LogP) is 3.69. The average molecular weight is 299 g/mol. The lowest BCUT2D eigenvalue weighted by atomic mass is 9.89. The van der Waals surface area contributed by atoms with Crippen molar-refractivity contribution in [3.63, 3.8) is 0 Å². The minimum Gasteiger partial charge on any atom is -0.497 e. The van der Waals surface area contributed by atoms with Gasteiger partial charge in [-0.25, -0.2) is 0 Å². The first-order chi connectivity index (χ1) is 10.7. The van der Waals surface area contributed by atoms with E-state index in [9.17, 15) is 0 Å². The van der Waals surface area contributed by atoms with E-state index in [-0.39, 0.29) is 5.92 Å². The Morgan fingerprint density at radius 3 is 2.55 bits per heavy atom. The zero-order valence-electron chi connectivity index (χ0n) is 13.6.